The van der Waals surface area contributed by atoms with Crippen LogP contribution in [0.3, 0.4) is 0 Å². The van der Waals surface area contributed by atoms with Crippen molar-refractivity contribution in [2.24, 2.45) is 0 Å². The molecule has 7 heteroatoms. The molecule has 0 aliphatic heterocycles. The van der Waals surface area contributed by atoms with E-state index in [4.69, 9.17) is 4.89 Å². The zero-order chi connectivity index (χ0) is 9.99. The highest BCUT2D eigenvalue weighted by Gasteiger charge is 2.31. The highest BCUT2D eigenvalue weighted by Crippen LogP contribution is 2.48. The van der Waals surface area contributed by atoms with Crippen LogP contribution in [0.4, 0.5) is 13.2 Å². The van der Waals surface area contributed by atoms with Crippen LogP contribution in [0.2, 0.25) is 0 Å². The van der Waals surface area contributed by atoms with Gasteiger partial charge in [0.2, 0.25) is 0 Å². The minimum absolute atomic E-state index is 0.449. The molecule has 1 unspecified atom stereocenters. The summed E-state index contributed by atoms with van der Waals surface area (Å²) in [6, 6.07) is 0. The summed E-state index contributed by atoms with van der Waals surface area (Å²) in [4.78, 5) is 9.16. The third kappa shape index (κ3) is 5.09. The van der Waals surface area contributed by atoms with Gasteiger partial charge in [-0.05, 0) is 11.8 Å². The van der Waals surface area contributed by atoms with E-state index in [9.17, 15) is 13.2 Å². The van der Waals surface area contributed by atoms with Crippen molar-refractivity contribution in [3.63, 3.8) is 0 Å². The van der Waals surface area contributed by atoms with E-state index in [0.717, 1.165) is 0 Å². The van der Waals surface area contributed by atoms with Crippen LogP contribution in [0.5, 0.6) is 0 Å². The third-order valence-electron chi connectivity index (χ3n) is 1.07. The predicted molar refractivity (Wildman–Crippen MR) is 43.6 cm³/mol. The maximum Gasteiger partial charge on any atom is 0.412 e. The fourth-order valence-corrected chi connectivity index (χ4v) is 1.10. The maximum absolute atomic E-state index is 11.6. The molecule has 0 aromatic heterocycles. The molecule has 0 fully saturated rings. The van der Waals surface area contributed by atoms with Gasteiger partial charge in [-0.3, -0.25) is 0 Å². The van der Waals surface area contributed by atoms with Crippen LogP contribution in [0.1, 0.15) is 13.8 Å². The molecule has 74 valence electrons. The second-order valence-corrected chi connectivity index (χ2v) is 6.54. The third-order valence-corrected chi connectivity index (χ3v) is 4.45. The maximum atomic E-state index is 11.6. The monoisotopic (exact) mass is 222 g/mol. The second-order valence-electron chi connectivity index (χ2n) is 2.55. The fraction of sp³-hybridized carbons (Fsp3) is 1.00. The average Bonchev–Trinajstić information content (AvgIpc) is 1.82. The first-order valence-electron chi connectivity index (χ1n) is 3.19. The van der Waals surface area contributed by atoms with E-state index in [1.807, 2.05) is 0 Å². The van der Waals surface area contributed by atoms with E-state index < -0.39 is 24.9 Å². The van der Waals surface area contributed by atoms with Gasteiger partial charge in [-0.1, -0.05) is 13.8 Å². The Morgan fingerprint density at radius 1 is 1.50 bits per heavy atom. The molecule has 0 saturated heterocycles. The Bertz CT molecular complexity index is 192. The standard InChI is InChI=1S/C5H10F3O2PS/c1-4(2)11(9,12)10-3-5(6,7)8/h4H,3H2,1-2H3,(H,9,12). The molecule has 0 aromatic rings. The number of rotatable bonds is 3. The first-order chi connectivity index (χ1) is 5.15. The van der Waals surface area contributed by atoms with Crippen LogP contribution in [0.25, 0.3) is 0 Å². The average molecular weight is 222 g/mol. The van der Waals surface area contributed by atoms with Crippen LogP contribution in [-0.2, 0) is 16.3 Å². The number of hydrogen-bond donors (Lipinski definition) is 1. The Balaban J connectivity index is 4.02. The van der Waals surface area contributed by atoms with Crippen molar-refractivity contribution in [2.45, 2.75) is 25.7 Å². The van der Waals surface area contributed by atoms with Crippen LogP contribution in [0.15, 0.2) is 0 Å². The minimum atomic E-state index is -4.43. The van der Waals surface area contributed by atoms with Crippen molar-refractivity contribution >= 4 is 18.3 Å². The molecule has 0 saturated carbocycles. The molecule has 12 heavy (non-hydrogen) atoms. The van der Waals surface area contributed by atoms with Crippen LogP contribution in [0, 0.1) is 0 Å². The normalized spacial score (nSPS) is 17.9. The Morgan fingerprint density at radius 2 is 1.92 bits per heavy atom. The summed E-state index contributed by atoms with van der Waals surface area (Å²) in [5, 5.41) is 0. The first kappa shape index (κ1) is 12.4. The largest absolute Gasteiger partial charge is 0.412 e. The van der Waals surface area contributed by atoms with Gasteiger partial charge in [0, 0.05) is 5.66 Å². The van der Waals surface area contributed by atoms with Crippen molar-refractivity contribution < 1.29 is 22.6 Å². The SMILES string of the molecule is CC(C)P(O)(=S)OCC(F)(F)F. The molecule has 1 N–H and O–H groups in total. The Kier molecular flexibility index (Phi) is 4.17. The molecule has 0 heterocycles. The first-order valence-corrected chi connectivity index (χ1v) is 5.93. The molecule has 0 spiro atoms. The zero-order valence-electron chi connectivity index (χ0n) is 6.63. The highest BCUT2D eigenvalue weighted by molar-refractivity contribution is 8.09. The molecule has 2 nitrogen and oxygen atoms in total. The Hall–Kier alpha value is 0.360. The van der Waals surface area contributed by atoms with E-state index in [-0.39, 0.29) is 0 Å². The summed E-state index contributed by atoms with van der Waals surface area (Å²) in [5.41, 5.74) is -0.449. The Labute approximate surface area is 73.9 Å². The summed E-state index contributed by atoms with van der Waals surface area (Å²) in [7, 11) is 0. The zero-order valence-corrected chi connectivity index (χ0v) is 8.34. The van der Waals surface area contributed by atoms with Crippen molar-refractivity contribution in [3.8, 4) is 0 Å². The number of hydrogen-bond acceptors (Lipinski definition) is 2. The molecular weight excluding hydrogens is 212 g/mol. The van der Waals surface area contributed by atoms with E-state index >= 15 is 0 Å². The summed E-state index contributed by atoms with van der Waals surface area (Å²) in [5.74, 6) is 0. The van der Waals surface area contributed by atoms with Gasteiger partial charge in [0.15, 0.2) is 6.49 Å². The molecule has 0 rings (SSSR count). The fourth-order valence-electron chi connectivity index (χ4n) is 0.315. The summed E-state index contributed by atoms with van der Waals surface area (Å²) in [6.07, 6.45) is -4.43. The van der Waals surface area contributed by atoms with E-state index in [2.05, 4.69) is 16.3 Å². The van der Waals surface area contributed by atoms with Crippen LogP contribution in [-0.4, -0.2) is 23.3 Å². The van der Waals surface area contributed by atoms with Gasteiger partial charge < -0.3 is 9.42 Å². The van der Waals surface area contributed by atoms with Gasteiger partial charge in [0.1, 0.15) is 6.61 Å². The van der Waals surface area contributed by atoms with E-state index in [0.29, 0.717) is 0 Å². The van der Waals surface area contributed by atoms with Gasteiger partial charge >= 0.3 is 6.18 Å². The minimum Gasteiger partial charge on any atom is -0.345 e. The quantitative estimate of drug-likeness (QED) is 0.743. The molecular formula is C5H10F3O2PS. The number of halogens is 3. The topological polar surface area (TPSA) is 29.5 Å². The summed E-state index contributed by atoms with van der Waals surface area (Å²) in [6.45, 7) is -1.67. The van der Waals surface area contributed by atoms with Gasteiger partial charge in [0.05, 0.1) is 0 Å². The lowest BCUT2D eigenvalue weighted by atomic mass is 10.6. The highest BCUT2D eigenvalue weighted by atomic mass is 32.5. The van der Waals surface area contributed by atoms with Crippen molar-refractivity contribution in [2.75, 3.05) is 6.61 Å². The lowest BCUT2D eigenvalue weighted by Crippen LogP contribution is -2.17. The van der Waals surface area contributed by atoms with Crippen molar-refractivity contribution in [1.82, 2.24) is 0 Å². The molecule has 0 aromatic carbocycles. The van der Waals surface area contributed by atoms with Gasteiger partial charge in [-0.15, -0.1) is 0 Å². The summed E-state index contributed by atoms with van der Waals surface area (Å²) < 4.78 is 39.0. The molecule has 0 amide bonds. The Morgan fingerprint density at radius 3 is 2.17 bits per heavy atom. The lowest BCUT2D eigenvalue weighted by Gasteiger charge is -2.20. The van der Waals surface area contributed by atoms with Gasteiger partial charge in [-0.25, -0.2) is 0 Å². The smallest absolute Gasteiger partial charge is 0.345 e. The van der Waals surface area contributed by atoms with Gasteiger partial charge in [0.25, 0.3) is 0 Å². The van der Waals surface area contributed by atoms with E-state index in [1.165, 1.54) is 13.8 Å². The van der Waals surface area contributed by atoms with Crippen LogP contribution >= 0.6 is 6.49 Å². The number of alkyl halides is 3. The predicted octanol–water partition coefficient (Wildman–Crippen LogP) is 2.28. The molecule has 0 radical (unpaired) electrons. The molecule has 0 aliphatic rings. The molecule has 1 atom stereocenters. The molecule has 0 bridgehead atoms. The lowest BCUT2D eigenvalue weighted by molar-refractivity contribution is -0.153. The van der Waals surface area contributed by atoms with Crippen molar-refractivity contribution in [1.29, 1.82) is 0 Å². The van der Waals surface area contributed by atoms with Gasteiger partial charge in [-0.2, -0.15) is 13.2 Å². The summed E-state index contributed by atoms with van der Waals surface area (Å²) >= 11 is 4.48. The van der Waals surface area contributed by atoms with E-state index in [1.54, 1.807) is 0 Å². The van der Waals surface area contributed by atoms with Crippen molar-refractivity contribution in [3.05, 3.63) is 0 Å². The molecule has 0 aliphatic carbocycles. The second kappa shape index (κ2) is 4.05. The van der Waals surface area contributed by atoms with Crippen LogP contribution < -0.4 is 0 Å².